The Balaban J connectivity index is 2.33. The Bertz CT molecular complexity index is 449. The third-order valence-corrected chi connectivity index (χ3v) is 2.68. The summed E-state index contributed by atoms with van der Waals surface area (Å²) in [5.41, 5.74) is 8.95. The normalized spacial score (nSPS) is 10.1. The molecule has 1 rings (SSSR count). The predicted octanol–water partition coefficient (Wildman–Crippen LogP) is 1.11. The van der Waals surface area contributed by atoms with Gasteiger partial charge >= 0.3 is 0 Å². The van der Waals surface area contributed by atoms with Gasteiger partial charge in [0, 0.05) is 11.4 Å². The maximum absolute atomic E-state index is 11.3. The molecule has 0 radical (unpaired) electrons. The Kier molecular flexibility index (Phi) is 5.61. The van der Waals surface area contributed by atoms with Crippen LogP contribution in [0.5, 0.6) is 0 Å². The topological polar surface area (TPSA) is 81.4 Å². The summed E-state index contributed by atoms with van der Waals surface area (Å²) in [5, 5.41) is 0.679. The van der Waals surface area contributed by atoms with Crippen LogP contribution in [-0.2, 0) is 20.8 Å². The highest BCUT2D eigenvalue weighted by atomic mass is 35.5. The number of hydroxylamine groups is 1. The first kappa shape index (κ1) is 14.5. The number of aryl methyl sites for hydroxylation is 2. The molecule has 0 aliphatic rings. The molecule has 1 aromatic carbocycles. The van der Waals surface area contributed by atoms with Crippen molar-refractivity contribution in [3.8, 4) is 0 Å². The lowest BCUT2D eigenvalue weighted by Gasteiger charge is -2.05. The number of hydrogen-bond acceptors (Lipinski definition) is 3. The van der Waals surface area contributed by atoms with Crippen molar-refractivity contribution in [2.45, 2.75) is 19.8 Å². The van der Waals surface area contributed by atoms with E-state index in [9.17, 15) is 9.59 Å². The van der Waals surface area contributed by atoms with Crippen molar-refractivity contribution in [2.75, 3.05) is 6.61 Å². The Hall–Kier alpha value is -1.59. The van der Waals surface area contributed by atoms with Crippen molar-refractivity contribution in [1.82, 2.24) is 5.48 Å². The lowest BCUT2D eigenvalue weighted by atomic mass is 10.1. The molecule has 0 saturated carbocycles. The molecule has 0 aliphatic heterocycles. The van der Waals surface area contributed by atoms with Crippen molar-refractivity contribution in [1.29, 1.82) is 0 Å². The van der Waals surface area contributed by atoms with E-state index in [1.165, 1.54) is 0 Å². The van der Waals surface area contributed by atoms with Gasteiger partial charge in [0.15, 0.2) is 6.61 Å². The van der Waals surface area contributed by atoms with Gasteiger partial charge in [-0.2, -0.15) is 0 Å². The van der Waals surface area contributed by atoms with Crippen LogP contribution in [0.3, 0.4) is 0 Å². The van der Waals surface area contributed by atoms with Gasteiger partial charge in [0.25, 0.3) is 0 Å². The second-order valence-electron chi connectivity index (χ2n) is 3.86. The SMILES string of the molecule is Cc1ccc(CCC(=O)NOCC(N)=O)cc1Cl. The van der Waals surface area contributed by atoms with E-state index in [0.29, 0.717) is 11.4 Å². The average molecular weight is 271 g/mol. The van der Waals surface area contributed by atoms with Crippen molar-refractivity contribution < 1.29 is 14.4 Å². The second-order valence-corrected chi connectivity index (χ2v) is 4.27. The van der Waals surface area contributed by atoms with Crippen molar-refractivity contribution >= 4 is 23.4 Å². The van der Waals surface area contributed by atoms with Crippen LogP contribution in [0.25, 0.3) is 0 Å². The molecular formula is C12H15ClN2O3. The Morgan fingerprint density at radius 1 is 1.44 bits per heavy atom. The first-order valence-corrected chi connectivity index (χ1v) is 5.81. The highest BCUT2D eigenvalue weighted by Crippen LogP contribution is 2.17. The minimum Gasteiger partial charge on any atom is -0.368 e. The Morgan fingerprint density at radius 2 is 2.17 bits per heavy atom. The number of rotatable bonds is 6. The van der Waals surface area contributed by atoms with E-state index in [2.05, 4.69) is 10.3 Å². The Labute approximate surface area is 110 Å². The van der Waals surface area contributed by atoms with E-state index in [1.807, 2.05) is 25.1 Å². The number of nitrogens with two attached hydrogens (primary N) is 1. The van der Waals surface area contributed by atoms with E-state index in [4.69, 9.17) is 17.3 Å². The summed E-state index contributed by atoms with van der Waals surface area (Å²) in [7, 11) is 0. The smallest absolute Gasteiger partial charge is 0.246 e. The molecule has 0 saturated heterocycles. The van der Waals surface area contributed by atoms with Crippen molar-refractivity contribution in [3.63, 3.8) is 0 Å². The van der Waals surface area contributed by atoms with Crippen LogP contribution in [0.2, 0.25) is 5.02 Å². The minimum absolute atomic E-state index is 0.248. The summed E-state index contributed by atoms with van der Waals surface area (Å²) in [6.07, 6.45) is 0.796. The summed E-state index contributed by atoms with van der Waals surface area (Å²) < 4.78 is 0. The third-order valence-electron chi connectivity index (χ3n) is 2.28. The average Bonchev–Trinajstić information content (AvgIpc) is 2.30. The van der Waals surface area contributed by atoms with Gasteiger partial charge in [0.1, 0.15) is 0 Å². The summed E-state index contributed by atoms with van der Waals surface area (Å²) in [6, 6.07) is 5.65. The maximum Gasteiger partial charge on any atom is 0.246 e. The molecule has 2 amide bonds. The number of amides is 2. The summed E-state index contributed by atoms with van der Waals surface area (Å²) in [5.74, 6) is -0.950. The van der Waals surface area contributed by atoms with Gasteiger partial charge in [-0.1, -0.05) is 23.7 Å². The predicted molar refractivity (Wildman–Crippen MR) is 67.8 cm³/mol. The monoisotopic (exact) mass is 270 g/mol. The van der Waals surface area contributed by atoms with Crippen molar-refractivity contribution in [2.24, 2.45) is 5.73 Å². The molecule has 0 aromatic heterocycles. The fourth-order valence-corrected chi connectivity index (χ4v) is 1.49. The molecule has 3 N–H and O–H groups in total. The van der Waals surface area contributed by atoms with Gasteiger partial charge in [0.05, 0.1) is 0 Å². The molecule has 0 aliphatic carbocycles. The zero-order chi connectivity index (χ0) is 13.5. The number of halogens is 1. The zero-order valence-corrected chi connectivity index (χ0v) is 10.8. The fraction of sp³-hybridized carbons (Fsp3) is 0.333. The molecule has 0 heterocycles. The third kappa shape index (κ3) is 5.16. The molecule has 1 aromatic rings. The highest BCUT2D eigenvalue weighted by molar-refractivity contribution is 6.31. The summed E-state index contributed by atoms with van der Waals surface area (Å²) in [6.45, 7) is 1.58. The molecule has 0 bridgehead atoms. The van der Waals surface area contributed by atoms with Crippen LogP contribution in [-0.4, -0.2) is 18.4 Å². The van der Waals surface area contributed by atoms with Gasteiger partial charge in [-0.3, -0.25) is 14.4 Å². The molecular weight excluding hydrogens is 256 g/mol. The molecule has 98 valence electrons. The number of benzene rings is 1. The van der Waals surface area contributed by atoms with Gasteiger partial charge < -0.3 is 5.73 Å². The zero-order valence-electron chi connectivity index (χ0n) is 10.0. The highest BCUT2D eigenvalue weighted by Gasteiger charge is 2.04. The standard InChI is InChI=1S/C12H15ClN2O3/c1-8-2-3-9(6-10(8)13)4-5-12(17)15-18-7-11(14)16/h2-3,6H,4-5,7H2,1H3,(H2,14,16)(H,15,17). The number of carbonyl (C=O) groups excluding carboxylic acids is 2. The van der Waals surface area contributed by atoms with E-state index in [1.54, 1.807) is 0 Å². The van der Waals surface area contributed by atoms with Crippen molar-refractivity contribution in [3.05, 3.63) is 34.3 Å². The molecule has 0 fully saturated rings. The molecule has 5 nitrogen and oxygen atoms in total. The Morgan fingerprint density at radius 3 is 2.78 bits per heavy atom. The minimum atomic E-state index is -0.638. The molecule has 6 heteroatoms. The quantitative estimate of drug-likeness (QED) is 0.760. The lowest BCUT2D eigenvalue weighted by Crippen LogP contribution is -2.29. The van der Waals surface area contributed by atoms with Crippen LogP contribution in [0, 0.1) is 6.92 Å². The number of primary amides is 1. The number of hydrogen-bond donors (Lipinski definition) is 2. The van der Waals surface area contributed by atoms with E-state index in [-0.39, 0.29) is 18.9 Å². The molecule has 0 atom stereocenters. The van der Waals surface area contributed by atoms with Crippen LogP contribution in [0.4, 0.5) is 0 Å². The van der Waals surface area contributed by atoms with Gasteiger partial charge in [-0.05, 0) is 30.5 Å². The maximum atomic E-state index is 11.3. The number of carbonyl (C=O) groups is 2. The van der Waals surface area contributed by atoms with Crippen LogP contribution in [0.1, 0.15) is 17.5 Å². The molecule has 18 heavy (non-hydrogen) atoms. The summed E-state index contributed by atoms with van der Waals surface area (Å²) >= 11 is 5.97. The largest absolute Gasteiger partial charge is 0.368 e. The van der Waals surface area contributed by atoms with Crippen LogP contribution < -0.4 is 11.2 Å². The van der Waals surface area contributed by atoms with E-state index in [0.717, 1.165) is 11.1 Å². The molecule has 0 unspecified atom stereocenters. The second kappa shape index (κ2) is 6.98. The van der Waals surface area contributed by atoms with E-state index >= 15 is 0 Å². The fourth-order valence-electron chi connectivity index (χ4n) is 1.29. The van der Waals surface area contributed by atoms with Crippen LogP contribution >= 0.6 is 11.6 Å². The van der Waals surface area contributed by atoms with Crippen LogP contribution in [0.15, 0.2) is 18.2 Å². The first-order chi connectivity index (χ1) is 8.49. The van der Waals surface area contributed by atoms with E-state index < -0.39 is 5.91 Å². The van der Waals surface area contributed by atoms with Gasteiger partial charge in [-0.25, -0.2) is 5.48 Å². The lowest BCUT2D eigenvalue weighted by molar-refractivity contribution is -0.137. The van der Waals surface area contributed by atoms with Gasteiger partial charge in [-0.15, -0.1) is 0 Å². The first-order valence-electron chi connectivity index (χ1n) is 5.43. The molecule has 0 spiro atoms. The van der Waals surface area contributed by atoms with Gasteiger partial charge in [0.2, 0.25) is 11.8 Å². The summed E-state index contributed by atoms with van der Waals surface area (Å²) in [4.78, 5) is 26.3. The number of nitrogens with one attached hydrogen (secondary N) is 1.